The molecule has 1 aromatic heterocycles. The van der Waals surface area contributed by atoms with Crippen molar-refractivity contribution in [2.24, 2.45) is 0 Å². The number of aromatic amines is 1. The minimum Gasteiger partial charge on any atom is -0.329 e. The van der Waals surface area contributed by atoms with Gasteiger partial charge in [-0.25, -0.2) is 0 Å². The lowest BCUT2D eigenvalue weighted by Gasteiger charge is -2.28. The highest BCUT2D eigenvalue weighted by atomic mass is 31.2. The van der Waals surface area contributed by atoms with Crippen LogP contribution in [0.5, 0.6) is 0 Å². The molecule has 0 atom stereocenters. The first-order chi connectivity index (χ1) is 19.6. The number of nitrogens with one attached hydrogen (secondary N) is 1. The normalized spacial score (nSPS) is 11.4. The molecule has 236 valence electrons. The second-order valence-corrected chi connectivity index (χ2v) is 17.0. The first kappa shape index (κ1) is 39.4. The molecule has 0 saturated heterocycles. The van der Waals surface area contributed by atoms with Crippen molar-refractivity contribution in [1.82, 2.24) is 4.98 Å². The molecule has 0 fully saturated rings. The summed E-state index contributed by atoms with van der Waals surface area (Å²) in [5.41, 5.74) is -0.0532. The predicted octanol–water partition coefficient (Wildman–Crippen LogP) is 12.8. The summed E-state index contributed by atoms with van der Waals surface area (Å²) in [6, 6.07) is 4.93. The second kappa shape index (κ2) is 31.3. The third kappa shape index (κ3) is 26.3. The molecule has 0 aliphatic heterocycles. The van der Waals surface area contributed by atoms with E-state index in [9.17, 15) is 4.79 Å². The third-order valence-electron chi connectivity index (χ3n) is 8.62. The van der Waals surface area contributed by atoms with E-state index in [0.717, 1.165) is 0 Å². The van der Waals surface area contributed by atoms with E-state index >= 15 is 0 Å². The average molecular weight is 579 g/mol. The van der Waals surface area contributed by atoms with Crippen molar-refractivity contribution in [3.63, 3.8) is 0 Å². The summed E-state index contributed by atoms with van der Waals surface area (Å²) < 4.78 is 0. The Balaban J connectivity index is 0.00000187. The Bertz CT molecular complexity index is 609. The molecule has 40 heavy (non-hydrogen) atoms. The summed E-state index contributed by atoms with van der Waals surface area (Å²) in [5, 5.41) is 0. The van der Waals surface area contributed by atoms with Gasteiger partial charge < -0.3 is 4.98 Å². The van der Waals surface area contributed by atoms with Crippen LogP contribution in [0.15, 0.2) is 29.2 Å². The first-order valence-electron chi connectivity index (χ1n) is 18.1. The van der Waals surface area contributed by atoms with E-state index in [2.05, 4.69) is 32.7 Å². The Hall–Kier alpha value is -0.620. The van der Waals surface area contributed by atoms with E-state index in [-0.39, 0.29) is 5.56 Å². The molecule has 1 heterocycles. The molecule has 0 aliphatic carbocycles. The molecular weight excluding hydrogens is 505 g/mol. The van der Waals surface area contributed by atoms with Gasteiger partial charge >= 0.3 is 0 Å². The lowest BCUT2D eigenvalue weighted by molar-refractivity contribution is 0.548. The number of pyridine rings is 1. The topological polar surface area (TPSA) is 32.9 Å². The number of aromatic nitrogens is 1. The fourth-order valence-corrected chi connectivity index (χ4v) is 10.9. The molecule has 0 spiro atoms. The number of unbranched alkanes of at least 4 members (excludes halogenated alkanes) is 20. The van der Waals surface area contributed by atoms with Crippen molar-refractivity contribution >= 4 is 7.26 Å². The predicted molar refractivity (Wildman–Crippen MR) is 187 cm³/mol. The zero-order valence-corrected chi connectivity index (χ0v) is 28.9. The van der Waals surface area contributed by atoms with E-state index in [4.69, 9.17) is 0 Å². The largest absolute Gasteiger partial charge is 0.329 e. The molecule has 1 rings (SSSR count). The molecule has 0 amide bonds. The van der Waals surface area contributed by atoms with E-state index in [1.54, 1.807) is 68.7 Å². The summed E-state index contributed by atoms with van der Waals surface area (Å²) in [7, 11) is -0.697. The summed E-state index contributed by atoms with van der Waals surface area (Å²) in [4.78, 5) is 12.7. The molecule has 3 heteroatoms. The van der Waals surface area contributed by atoms with Gasteiger partial charge in [0.25, 0.3) is 0 Å². The summed E-state index contributed by atoms with van der Waals surface area (Å²) >= 11 is 0. The van der Waals surface area contributed by atoms with Gasteiger partial charge in [0.2, 0.25) is 5.56 Å². The van der Waals surface area contributed by atoms with Crippen LogP contribution in [0.3, 0.4) is 0 Å². The van der Waals surface area contributed by atoms with E-state index in [1.165, 1.54) is 134 Å². The van der Waals surface area contributed by atoms with Gasteiger partial charge in [-0.1, -0.05) is 136 Å². The third-order valence-corrected chi connectivity index (χ3v) is 13.7. The van der Waals surface area contributed by atoms with E-state index in [1.807, 2.05) is 0 Å². The van der Waals surface area contributed by atoms with Crippen LogP contribution in [-0.2, 0) is 0 Å². The van der Waals surface area contributed by atoms with Gasteiger partial charge in [0, 0.05) is 19.5 Å². The van der Waals surface area contributed by atoms with Crippen molar-refractivity contribution in [1.29, 1.82) is 0 Å². The van der Waals surface area contributed by atoms with Crippen molar-refractivity contribution in [2.75, 3.05) is 24.6 Å². The fourth-order valence-electron chi connectivity index (χ4n) is 5.96. The highest BCUT2D eigenvalue weighted by molar-refractivity contribution is 7.75. The van der Waals surface area contributed by atoms with Crippen LogP contribution in [0.2, 0.25) is 0 Å². The standard InChI is InChI=1S/C32H68P.C5H5NO/c1-5-9-13-17-18-19-20-21-22-23-24-28-32-33(29-25-14-10-6-2,30-26-15-11-7-3)31-27-16-12-8-4;7-5-3-1-2-4-6-5/h5-32H2,1-4H3;1-4H,(H,6,7)/q+1;. The second-order valence-electron chi connectivity index (χ2n) is 12.5. The van der Waals surface area contributed by atoms with Crippen LogP contribution in [0.1, 0.15) is 182 Å². The summed E-state index contributed by atoms with van der Waals surface area (Å²) in [6.07, 6.45) is 43.7. The van der Waals surface area contributed by atoms with Crippen LogP contribution in [0.25, 0.3) is 0 Å². The highest BCUT2D eigenvalue weighted by Gasteiger charge is 2.34. The van der Waals surface area contributed by atoms with Crippen LogP contribution >= 0.6 is 7.26 Å². The van der Waals surface area contributed by atoms with Gasteiger partial charge in [-0.15, -0.1) is 0 Å². The Labute approximate surface area is 253 Å². The van der Waals surface area contributed by atoms with E-state index in [0.29, 0.717) is 0 Å². The average Bonchev–Trinajstić information content (AvgIpc) is 2.97. The monoisotopic (exact) mass is 579 g/mol. The number of H-pyrrole nitrogens is 1. The van der Waals surface area contributed by atoms with Crippen molar-refractivity contribution in [3.8, 4) is 0 Å². The van der Waals surface area contributed by atoms with Crippen molar-refractivity contribution in [2.45, 2.75) is 182 Å². The minimum atomic E-state index is -0.697. The van der Waals surface area contributed by atoms with Gasteiger partial charge in [-0.3, -0.25) is 4.79 Å². The van der Waals surface area contributed by atoms with Gasteiger partial charge in [-0.2, -0.15) is 0 Å². The molecule has 1 N–H and O–H groups in total. The summed E-state index contributed by atoms with van der Waals surface area (Å²) in [5.74, 6) is 0. The van der Waals surface area contributed by atoms with Gasteiger partial charge in [0.1, 0.15) is 0 Å². The van der Waals surface area contributed by atoms with Crippen LogP contribution in [0.4, 0.5) is 0 Å². The molecule has 2 nitrogen and oxygen atoms in total. The zero-order valence-electron chi connectivity index (χ0n) is 28.0. The van der Waals surface area contributed by atoms with Gasteiger partial charge in [0.05, 0.1) is 24.6 Å². The smallest absolute Gasteiger partial charge is 0.247 e. The molecule has 0 aromatic carbocycles. The lowest BCUT2D eigenvalue weighted by Crippen LogP contribution is -2.13. The number of hydrogen-bond donors (Lipinski definition) is 1. The molecular formula is C37H73NOP+. The van der Waals surface area contributed by atoms with Gasteiger partial charge in [0.15, 0.2) is 0 Å². The molecule has 0 saturated carbocycles. The Kier molecular flexibility index (Phi) is 30.8. The Morgan fingerprint density at radius 3 is 1.00 bits per heavy atom. The first-order valence-corrected chi connectivity index (χ1v) is 20.7. The quantitative estimate of drug-likeness (QED) is 0.0778. The molecule has 0 aliphatic rings. The fraction of sp³-hybridized carbons (Fsp3) is 0.865. The van der Waals surface area contributed by atoms with E-state index < -0.39 is 7.26 Å². The van der Waals surface area contributed by atoms with Gasteiger partial charge in [-0.05, 0) is 57.4 Å². The van der Waals surface area contributed by atoms with Crippen LogP contribution < -0.4 is 5.56 Å². The van der Waals surface area contributed by atoms with Crippen molar-refractivity contribution < 1.29 is 0 Å². The maximum absolute atomic E-state index is 10.2. The lowest BCUT2D eigenvalue weighted by atomic mass is 10.1. The zero-order chi connectivity index (χ0) is 29.4. The minimum absolute atomic E-state index is 0.0532. The maximum atomic E-state index is 10.2. The maximum Gasteiger partial charge on any atom is 0.247 e. The molecule has 0 bridgehead atoms. The number of rotatable bonds is 28. The number of hydrogen-bond acceptors (Lipinski definition) is 1. The molecule has 0 unspecified atom stereocenters. The van der Waals surface area contributed by atoms with Crippen LogP contribution in [0, 0.1) is 0 Å². The molecule has 0 radical (unpaired) electrons. The Morgan fingerprint density at radius 1 is 0.450 bits per heavy atom. The van der Waals surface area contributed by atoms with Crippen LogP contribution in [-0.4, -0.2) is 29.6 Å². The molecule has 1 aromatic rings. The Morgan fingerprint density at radius 2 is 0.750 bits per heavy atom. The summed E-state index contributed by atoms with van der Waals surface area (Å²) in [6.45, 7) is 9.41. The SMILES string of the molecule is CCCCCCCCCCCCCC[P+](CCCCCC)(CCCCCC)CCCCCC.O=c1cccc[nH]1. The van der Waals surface area contributed by atoms with Crippen molar-refractivity contribution in [3.05, 3.63) is 34.7 Å². The highest BCUT2D eigenvalue weighted by Crippen LogP contribution is 2.61.